The lowest BCUT2D eigenvalue weighted by molar-refractivity contribution is -0.130. The van der Waals surface area contributed by atoms with Crippen molar-refractivity contribution in [3.05, 3.63) is 0 Å². The van der Waals surface area contributed by atoms with Crippen LogP contribution in [0.15, 0.2) is 0 Å². The third-order valence-electron chi connectivity index (χ3n) is 10.9. The molecule has 4 aliphatic carbocycles. The Bertz CT molecular complexity index is 559. The topological polar surface area (TPSA) is 40.5 Å². The number of fused-ring (bicyclic) bond motifs is 5. The summed E-state index contributed by atoms with van der Waals surface area (Å²) in [5.74, 6) is 5.48. The highest BCUT2D eigenvalue weighted by atomic mass is 16.3. The molecule has 4 rings (SSSR count). The quantitative estimate of drug-likeness (QED) is 0.534. The molecule has 0 spiro atoms. The van der Waals surface area contributed by atoms with Gasteiger partial charge in [-0.3, -0.25) is 0 Å². The van der Waals surface area contributed by atoms with E-state index >= 15 is 0 Å². The molecule has 0 saturated heterocycles. The van der Waals surface area contributed by atoms with Crippen molar-refractivity contribution in [3.8, 4) is 0 Å². The van der Waals surface area contributed by atoms with Gasteiger partial charge in [-0.2, -0.15) is 0 Å². The summed E-state index contributed by atoms with van der Waals surface area (Å²) in [7, 11) is 0. The van der Waals surface area contributed by atoms with E-state index in [-0.39, 0.29) is 6.10 Å². The summed E-state index contributed by atoms with van der Waals surface area (Å²) in [5.41, 5.74) is 0.943. The monoisotopic (exact) mass is 404 g/mol. The lowest BCUT2D eigenvalue weighted by Crippen LogP contribution is -2.54. The van der Waals surface area contributed by atoms with E-state index in [0.29, 0.717) is 23.4 Å². The average Bonchev–Trinajstić information content (AvgIpc) is 3.03. The largest absolute Gasteiger partial charge is 0.396 e. The van der Waals surface area contributed by atoms with Crippen molar-refractivity contribution in [1.29, 1.82) is 0 Å². The minimum absolute atomic E-state index is 0.0366. The van der Waals surface area contributed by atoms with Crippen LogP contribution in [0.1, 0.15) is 105 Å². The van der Waals surface area contributed by atoms with Crippen molar-refractivity contribution >= 4 is 0 Å². The van der Waals surface area contributed by atoms with E-state index in [2.05, 4.69) is 27.7 Å². The molecule has 9 atom stereocenters. The Morgan fingerprint density at radius 1 is 0.862 bits per heavy atom. The number of hydrogen-bond donors (Lipinski definition) is 2. The fourth-order valence-corrected chi connectivity index (χ4v) is 9.26. The maximum Gasteiger partial charge on any atom is 0.0543 e. The van der Waals surface area contributed by atoms with E-state index in [1.54, 1.807) is 0 Å². The molecule has 168 valence electrons. The van der Waals surface area contributed by atoms with Gasteiger partial charge in [-0.1, -0.05) is 40.5 Å². The molecule has 4 saturated carbocycles. The molecule has 2 N–H and O–H groups in total. The molecule has 0 aromatic carbocycles. The summed E-state index contributed by atoms with van der Waals surface area (Å²) in [6, 6.07) is 0. The molecule has 29 heavy (non-hydrogen) atoms. The Balaban J connectivity index is 1.48. The van der Waals surface area contributed by atoms with Gasteiger partial charge in [0.25, 0.3) is 0 Å². The van der Waals surface area contributed by atoms with Crippen molar-refractivity contribution in [3.63, 3.8) is 0 Å². The van der Waals surface area contributed by atoms with Gasteiger partial charge in [-0.25, -0.2) is 0 Å². The predicted octanol–water partition coefficient (Wildman–Crippen LogP) is 6.44. The van der Waals surface area contributed by atoms with E-state index in [9.17, 15) is 10.2 Å². The van der Waals surface area contributed by atoms with Gasteiger partial charge >= 0.3 is 0 Å². The Labute approximate surface area is 180 Å². The van der Waals surface area contributed by atoms with Crippen LogP contribution < -0.4 is 0 Å². The van der Waals surface area contributed by atoms with Crippen molar-refractivity contribution in [2.45, 2.75) is 111 Å². The molecule has 0 heterocycles. The maximum absolute atomic E-state index is 10.3. The molecule has 0 aromatic rings. The van der Waals surface area contributed by atoms with E-state index in [0.717, 1.165) is 48.3 Å². The summed E-state index contributed by atoms with van der Waals surface area (Å²) in [5, 5.41) is 20.5. The summed E-state index contributed by atoms with van der Waals surface area (Å²) >= 11 is 0. The van der Waals surface area contributed by atoms with Crippen LogP contribution in [0.4, 0.5) is 0 Å². The standard InChI is InChI=1S/C27H48O2/c1-18(2)6-5-7-19(17-28)23-10-11-24-22-9-8-20-16-21(29)12-14-26(20,3)25(22)13-15-27(23,24)4/h18-25,28-29H,5-17H2,1-4H3/t19-,20-,21+,22?,23+,24-,25?,26-,27+/m0/s1. The first-order valence-electron chi connectivity index (χ1n) is 13.1. The highest BCUT2D eigenvalue weighted by Crippen LogP contribution is 2.68. The van der Waals surface area contributed by atoms with E-state index in [4.69, 9.17) is 0 Å². The Morgan fingerprint density at radius 2 is 1.59 bits per heavy atom. The smallest absolute Gasteiger partial charge is 0.0543 e. The van der Waals surface area contributed by atoms with E-state index < -0.39 is 0 Å². The zero-order valence-electron chi connectivity index (χ0n) is 19.7. The highest BCUT2D eigenvalue weighted by molar-refractivity contribution is 5.09. The lowest BCUT2D eigenvalue weighted by atomic mass is 9.44. The normalized spacial score (nSPS) is 48.1. The van der Waals surface area contributed by atoms with Crippen LogP contribution >= 0.6 is 0 Å². The first-order valence-corrected chi connectivity index (χ1v) is 13.1. The fourth-order valence-electron chi connectivity index (χ4n) is 9.26. The zero-order valence-corrected chi connectivity index (χ0v) is 19.7. The van der Waals surface area contributed by atoms with Crippen LogP contribution in [0.2, 0.25) is 0 Å². The van der Waals surface area contributed by atoms with Crippen molar-refractivity contribution in [2.24, 2.45) is 52.3 Å². The third-order valence-corrected chi connectivity index (χ3v) is 10.9. The molecular weight excluding hydrogens is 356 g/mol. The maximum atomic E-state index is 10.3. The minimum atomic E-state index is -0.0366. The second kappa shape index (κ2) is 8.45. The first-order chi connectivity index (χ1) is 13.8. The third kappa shape index (κ3) is 3.84. The molecule has 2 heteroatoms. The van der Waals surface area contributed by atoms with Crippen molar-refractivity contribution in [2.75, 3.05) is 6.61 Å². The van der Waals surface area contributed by atoms with E-state index in [1.165, 1.54) is 64.2 Å². The molecular formula is C27H48O2. The summed E-state index contributed by atoms with van der Waals surface area (Å²) in [4.78, 5) is 0. The Kier molecular flexibility index (Phi) is 6.45. The predicted molar refractivity (Wildman–Crippen MR) is 120 cm³/mol. The molecule has 0 bridgehead atoms. The van der Waals surface area contributed by atoms with Gasteiger partial charge in [-0.05, 0) is 116 Å². The average molecular weight is 405 g/mol. The van der Waals surface area contributed by atoms with Gasteiger partial charge in [-0.15, -0.1) is 0 Å². The molecule has 2 unspecified atom stereocenters. The van der Waals surface area contributed by atoms with Crippen molar-refractivity contribution in [1.82, 2.24) is 0 Å². The molecule has 0 amide bonds. The fraction of sp³-hybridized carbons (Fsp3) is 1.00. The van der Waals surface area contributed by atoms with E-state index in [1.807, 2.05) is 0 Å². The summed E-state index contributed by atoms with van der Waals surface area (Å²) in [6.45, 7) is 10.3. The van der Waals surface area contributed by atoms with Crippen LogP contribution in [0.3, 0.4) is 0 Å². The van der Waals surface area contributed by atoms with Crippen LogP contribution in [0.5, 0.6) is 0 Å². The number of hydrogen-bond acceptors (Lipinski definition) is 2. The Morgan fingerprint density at radius 3 is 2.31 bits per heavy atom. The summed E-state index contributed by atoms with van der Waals surface area (Å²) < 4.78 is 0. The number of aliphatic hydroxyl groups is 2. The SMILES string of the molecule is CC(C)CCC[C@@H](CO)[C@H]1CC[C@H]2C3CC[C@H]4C[C@H](O)CC[C@]4(C)C3CC[C@]12C. The molecule has 4 aliphatic rings. The molecule has 0 radical (unpaired) electrons. The molecule has 0 aliphatic heterocycles. The zero-order chi connectivity index (χ0) is 20.8. The van der Waals surface area contributed by atoms with Crippen LogP contribution in [-0.2, 0) is 0 Å². The van der Waals surface area contributed by atoms with Gasteiger partial charge < -0.3 is 10.2 Å². The molecule has 0 aromatic heterocycles. The second-order valence-electron chi connectivity index (χ2n) is 12.6. The van der Waals surface area contributed by atoms with Crippen LogP contribution in [0, 0.1) is 52.3 Å². The van der Waals surface area contributed by atoms with Crippen LogP contribution in [0.25, 0.3) is 0 Å². The van der Waals surface area contributed by atoms with Crippen molar-refractivity contribution < 1.29 is 10.2 Å². The van der Waals surface area contributed by atoms with Gasteiger partial charge in [0.2, 0.25) is 0 Å². The van der Waals surface area contributed by atoms with Gasteiger partial charge in [0.1, 0.15) is 0 Å². The molecule has 4 fully saturated rings. The van der Waals surface area contributed by atoms with Gasteiger partial charge in [0.15, 0.2) is 0 Å². The first kappa shape index (κ1) is 22.1. The lowest BCUT2D eigenvalue weighted by Gasteiger charge is -2.61. The Hall–Kier alpha value is -0.0800. The van der Waals surface area contributed by atoms with Crippen LogP contribution in [-0.4, -0.2) is 22.9 Å². The van der Waals surface area contributed by atoms with Gasteiger partial charge in [0.05, 0.1) is 6.10 Å². The second-order valence-corrected chi connectivity index (χ2v) is 12.6. The number of aliphatic hydroxyl groups excluding tert-OH is 2. The molecule has 2 nitrogen and oxygen atoms in total. The minimum Gasteiger partial charge on any atom is -0.396 e. The summed E-state index contributed by atoms with van der Waals surface area (Å²) in [6.07, 6.45) is 15.4. The highest BCUT2D eigenvalue weighted by Gasteiger charge is 2.60. The number of rotatable bonds is 6. The van der Waals surface area contributed by atoms with Gasteiger partial charge in [0, 0.05) is 6.61 Å².